The van der Waals surface area contributed by atoms with Gasteiger partial charge in [-0.2, -0.15) is 0 Å². The second-order valence-electron chi connectivity index (χ2n) is 6.99. The number of pyridine rings is 1. The van der Waals surface area contributed by atoms with Crippen LogP contribution in [0.5, 0.6) is 5.75 Å². The van der Waals surface area contributed by atoms with Crippen molar-refractivity contribution >= 4 is 21.8 Å². The Labute approximate surface area is 202 Å². The van der Waals surface area contributed by atoms with Crippen molar-refractivity contribution in [2.75, 3.05) is 19.8 Å². The Morgan fingerprint density at radius 1 is 1.27 bits per heavy atom. The van der Waals surface area contributed by atoms with Crippen LogP contribution in [-0.2, 0) is 26.0 Å². The number of ether oxygens (including phenoxy) is 3. The smallest absolute Gasteiger partial charge is 1.00 e. The number of aromatic amines is 1. The Morgan fingerprint density at radius 2 is 2.03 bits per heavy atom. The van der Waals surface area contributed by atoms with Crippen LogP contribution >= 0.6 is 0 Å². The molecule has 3 aromatic rings. The van der Waals surface area contributed by atoms with Gasteiger partial charge in [0.2, 0.25) is 0 Å². The minimum atomic E-state index is -1.33. The Hall–Kier alpha value is -1.29. The first-order chi connectivity index (χ1) is 14.1. The zero-order valence-electron chi connectivity index (χ0n) is 18.6. The van der Waals surface area contributed by atoms with E-state index in [-0.39, 0.29) is 36.7 Å². The molecule has 4 rings (SSSR count). The first-order valence-electron chi connectivity index (χ1n) is 9.78. The molecule has 0 amide bonds. The Balaban J connectivity index is 0.00000171. The van der Waals surface area contributed by atoms with Crippen LogP contribution in [0.25, 0.3) is 11.0 Å². The summed E-state index contributed by atoms with van der Waals surface area (Å²) >= 11 is 0. The predicted octanol–water partition coefficient (Wildman–Crippen LogP) is 0.613. The van der Waals surface area contributed by atoms with Gasteiger partial charge in [0, 0.05) is 18.2 Å². The van der Waals surface area contributed by atoms with Crippen LogP contribution in [0.1, 0.15) is 32.4 Å². The molecular formula is C21H26N3NaO4S. The van der Waals surface area contributed by atoms with Gasteiger partial charge in [-0.05, 0) is 31.5 Å². The Bertz CT molecular complexity index is 994. The van der Waals surface area contributed by atoms with E-state index in [0.717, 1.165) is 34.5 Å². The van der Waals surface area contributed by atoms with Crippen molar-refractivity contribution < 1.29 is 49.4 Å². The SMILES string of the molecule is CCC1(CCOc2ccnc(CS(=O)c3nc4ccccc4[nH]3)c2C)OCCO1.[H-].[Na+]. The zero-order chi connectivity index (χ0) is 20.3. The summed E-state index contributed by atoms with van der Waals surface area (Å²) in [5.41, 5.74) is 3.30. The average molecular weight is 440 g/mol. The van der Waals surface area contributed by atoms with Gasteiger partial charge in [0.15, 0.2) is 10.9 Å². The van der Waals surface area contributed by atoms with Gasteiger partial charge in [-0.25, -0.2) is 4.98 Å². The second-order valence-corrected chi connectivity index (χ2v) is 8.36. The number of hydrogen-bond donors (Lipinski definition) is 1. The molecule has 1 saturated heterocycles. The van der Waals surface area contributed by atoms with Gasteiger partial charge in [-0.15, -0.1) is 0 Å². The second kappa shape index (κ2) is 10.3. The molecule has 2 aromatic heterocycles. The van der Waals surface area contributed by atoms with Gasteiger partial charge in [-0.3, -0.25) is 9.19 Å². The monoisotopic (exact) mass is 439 g/mol. The molecule has 30 heavy (non-hydrogen) atoms. The molecule has 1 aliphatic heterocycles. The molecule has 1 N–H and O–H groups in total. The maximum absolute atomic E-state index is 12.8. The van der Waals surface area contributed by atoms with Gasteiger partial charge in [0.05, 0.1) is 53.1 Å². The first-order valence-corrected chi connectivity index (χ1v) is 11.1. The summed E-state index contributed by atoms with van der Waals surface area (Å²) in [7, 11) is -1.33. The van der Waals surface area contributed by atoms with Crippen LogP contribution in [0.2, 0.25) is 0 Å². The van der Waals surface area contributed by atoms with Crippen molar-refractivity contribution in [3.8, 4) is 5.75 Å². The number of aromatic nitrogens is 3. The predicted molar refractivity (Wildman–Crippen MR) is 111 cm³/mol. The fourth-order valence-electron chi connectivity index (χ4n) is 3.43. The van der Waals surface area contributed by atoms with E-state index >= 15 is 0 Å². The molecule has 0 bridgehead atoms. The molecule has 0 saturated carbocycles. The van der Waals surface area contributed by atoms with Crippen LogP contribution in [0.4, 0.5) is 0 Å². The van der Waals surface area contributed by atoms with Gasteiger partial charge in [0.1, 0.15) is 5.75 Å². The number of benzene rings is 1. The number of rotatable bonds is 8. The number of fused-ring (bicyclic) bond motifs is 1. The number of H-pyrrole nitrogens is 1. The van der Waals surface area contributed by atoms with Crippen LogP contribution < -0.4 is 34.3 Å². The van der Waals surface area contributed by atoms with E-state index < -0.39 is 16.6 Å². The van der Waals surface area contributed by atoms with Crippen molar-refractivity contribution in [1.29, 1.82) is 0 Å². The quantitative estimate of drug-likeness (QED) is 0.518. The van der Waals surface area contributed by atoms with Crippen molar-refractivity contribution in [1.82, 2.24) is 15.0 Å². The third-order valence-electron chi connectivity index (χ3n) is 5.20. The summed E-state index contributed by atoms with van der Waals surface area (Å²) in [6.07, 6.45) is 3.13. The molecule has 156 valence electrons. The van der Waals surface area contributed by atoms with Gasteiger partial charge >= 0.3 is 29.6 Å². The van der Waals surface area contributed by atoms with E-state index in [1.165, 1.54) is 0 Å². The maximum Gasteiger partial charge on any atom is 1.00 e. The summed E-state index contributed by atoms with van der Waals surface area (Å²) in [6.45, 7) is 5.71. The van der Waals surface area contributed by atoms with Crippen molar-refractivity contribution in [2.45, 2.75) is 43.4 Å². The molecule has 7 nitrogen and oxygen atoms in total. The summed E-state index contributed by atoms with van der Waals surface area (Å²) in [5.74, 6) is 0.474. The van der Waals surface area contributed by atoms with E-state index in [0.29, 0.717) is 31.4 Å². The average Bonchev–Trinajstić information content (AvgIpc) is 3.38. The molecule has 1 aliphatic rings. The summed E-state index contributed by atoms with van der Waals surface area (Å²) in [4.78, 5) is 12.0. The summed E-state index contributed by atoms with van der Waals surface area (Å²) < 4.78 is 30.3. The molecule has 1 fully saturated rings. The Morgan fingerprint density at radius 3 is 2.77 bits per heavy atom. The van der Waals surface area contributed by atoms with Crippen molar-refractivity contribution in [3.63, 3.8) is 0 Å². The summed E-state index contributed by atoms with van der Waals surface area (Å²) in [5, 5.41) is 0.458. The van der Waals surface area contributed by atoms with Gasteiger partial charge in [-0.1, -0.05) is 19.1 Å². The van der Waals surface area contributed by atoms with Crippen LogP contribution in [-0.4, -0.2) is 44.8 Å². The Kier molecular flexibility index (Phi) is 8.06. The van der Waals surface area contributed by atoms with E-state index in [9.17, 15) is 4.21 Å². The van der Waals surface area contributed by atoms with Crippen LogP contribution in [0.15, 0.2) is 41.7 Å². The molecular weight excluding hydrogens is 413 g/mol. The van der Waals surface area contributed by atoms with Gasteiger partial charge < -0.3 is 20.6 Å². The number of nitrogens with one attached hydrogen (secondary N) is 1. The van der Waals surface area contributed by atoms with Crippen molar-refractivity contribution in [2.24, 2.45) is 0 Å². The largest absolute Gasteiger partial charge is 1.00 e. The fourth-order valence-corrected chi connectivity index (χ4v) is 4.53. The van der Waals surface area contributed by atoms with E-state index in [1.807, 2.05) is 37.3 Å². The minimum Gasteiger partial charge on any atom is -1.00 e. The molecule has 0 radical (unpaired) electrons. The standard InChI is InChI=1S/C21H25N3O4S.Na.H/c1-3-21(27-12-13-28-21)9-11-26-19-8-10-22-18(15(19)2)14-29(25)20-23-16-6-4-5-7-17(16)24-20;;/h4-8,10H,3,9,11-14H2,1-2H3,(H,23,24);;/q;+1;-1. The van der Waals surface area contributed by atoms with Gasteiger partial charge in [0.25, 0.3) is 0 Å². The van der Waals surface area contributed by atoms with Crippen LogP contribution in [0.3, 0.4) is 0 Å². The third-order valence-corrected chi connectivity index (χ3v) is 6.36. The van der Waals surface area contributed by atoms with E-state index in [2.05, 4.69) is 21.9 Å². The molecule has 1 aromatic carbocycles. The first kappa shape index (κ1) is 23.4. The zero-order valence-corrected chi connectivity index (χ0v) is 20.5. The fraction of sp³-hybridized carbons (Fsp3) is 0.429. The topological polar surface area (TPSA) is 86.3 Å². The van der Waals surface area contributed by atoms with E-state index in [4.69, 9.17) is 14.2 Å². The number of hydrogen-bond acceptors (Lipinski definition) is 6. The number of para-hydroxylation sites is 2. The molecule has 1 atom stereocenters. The van der Waals surface area contributed by atoms with Crippen LogP contribution in [0, 0.1) is 6.92 Å². The minimum absolute atomic E-state index is 0. The molecule has 9 heteroatoms. The molecule has 0 aliphatic carbocycles. The molecule has 0 spiro atoms. The number of imidazole rings is 1. The number of nitrogens with zero attached hydrogens (tertiary/aromatic N) is 2. The molecule has 1 unspecified atom stereocenters. The summed E-state index contributed by atoms with van der Waals surface area (Å²) in [6, 6.07) is 9.47. The van der Waals surface area contributed by atoms with E-state index in [1.54, 1.807) is 6.20 Å². The van der Waals surface area contributed by atoms with Crippen molar-refractivity contribution in [3.05, 3.63) is 47.8 Å². The molecule has 3 heterocycles. The normalized spacial score (nSPS) is 16.3. The third kappa shape index (κ3) is 5.12. The maximum atomic E-state index is 12.8.